The number of piperidine rings is 1. The number of benzene rings is 2. The quantitative estimate of drug-likeness (QED) is 0.856. The summed E-state index contributed by atoms with van der Waals surface area (Å²) < 4.78 is 0. The van der Waals surface area contributed by atoms with Crippen molar-refractivity contribution in [3.63, 3.8) is 0 Å². The van der Waals surface area contributed by atoms with Crippen LogP contribution in [-0.2, 0) is 5.60 Å². The molecule has 24 heavy (non-hydrogen) atoms. The summed E-state index contributed by atoms with van der Waals surface area (Å²) in [6, 6.07) is 19.5. The van der Waals surface area contributed by atoms with E-state index >= 15 is 0 Å². The van der Waals surface area contributed by atoms with Crippen molar-refractivity contribution in [2.24, 2.45) is 11.8 Å². The van der Waals surface area contributed by atoms with Crippen LogP contribution in [0.2, 0.25) is 0 Å². The average Bonchev–Trinajstić information content (AvgIpc) is 2.63. The van der Waals surface area contributed by atoms with Crippen LogP contribution in [0, 0.1) is 23.7 Å². The molecule has 2 aromatic rings. The Labute approximate surface area is 145 Å². The summed E-state index contributed by atoms with van der Waals surface area (Å²) in [5, 5.41) is 11.4. The van der Waals surface area contributed by atoms with E-state index in [4.69, 9.17) is 0 Å². The first-order valence-electron chi connectivity index (χ1n) is 8.64. The lowest BCUT2D eigenvalue weighted by Crippen LogP contribution is -2.36. The fourth-order valence-electron chi connectivity index (χ4n) is 3.29. The van der Waals surface area contributed by atoms with Crippen molar-refractivity contribution in [3.05, 3.63) is 71.8 Å². The fraction of sp³-hybridized carbons (Fsp3) is 0.364. The molecule has 2 atom stereocenters. The minimum Gasteiger partial charge on any atom is -0.369 e. The first-order valence-corrected chi connectivity index (χ1v) is 8.64. The van der Waals surface area contributed by atoms with Crippen LogP contribution in [0.1, 0.15) is 24.5 Å². The van der Waals surface area contributed by atoms with Gasteiger partial charge in [-0.15, -0.1) is 0 Å². The molecular weight excluding hydrogens is 294 g/mol. The summed E-state index contributed by atoms with van der Waals surface area (Å²) in [6.45, 7) is 4.35. The normalized spacial score (nSPS) is 21.8. The minimum absolute atomic E-state index is 0.294. The first kappa shape index (κ1) is 16.8. The zero-order chi connectivity index (χ0) is 17.0. The number of hydrogen-bond donors (Lipinski definition) is 1. The van der Waals surface area contributed by atoms with E-state index in [-0.39, 0.29) is 0 Å². The molecule has 2 aromatic carbocycles. The van der Waals surface area contributed by atoms with Gasteiger partial charge in [-0.1, -0.05) is 79.4 Å². The molecule has 0 radical (unpaired) electrons. The molecule has 1 aliphatic heterocycles. The molecule has 1 heterocycles. The molecular formula is C22H25NO. The molecule has 0 unspecified atom stereocenters. The molecule has 2 heteroatoms. The maximum atomic E-state index is 11.4. The maximum Gasteiger partial charge on any atom is 0.176 e. The molecule has 0 aliphatic carbocycles. The van der Waals surface area contributed by atoms with Crippen LogP contribution in [0.15, 0.2) is 60.7 Å². The SMILES string of the molecule is C[C@H]1CCN(C)C[C@H]1C#CC(O)(c1ccccc1)c1ccccc1. The van der Waals surface area contributed by atoms with Crippen LogP contribution in [0.4, 0.5) is 0 Å². The van der Waals surface area contributed by atoms with Gasteiger partial charge in [0.25, 0.3) is 0 Å². The molecule has 0 aromatic heterocycles. The first-order chi connectivity index (χ1) is 11.6. The predicted molar refractivity (Wildman–Crippen MR) is 98.4 cm³/mol. The summed E-state index contributed by atoms with van der Waals surface area (Å²) in [4.78, 5) is 2.32. The van der Waals surface area contributed by atoms with E-state index in [0.717, 1.165) is 30.6 Å². The van der Waals surface area contributed by atoms with Gasteiger partial charge >= 0.3 is 0 Å². The number of rotatable bonds is 2. The molecule has 0 bridgehead atoms. The molecule has 1 saturated heterocycles. The Hall–Kier alpha value is -2.08. The van der Waals surface area contributed by atoms with Gasteiger partial charge in [0.2, 0.25) is 0 Å². The van der Waals surface area contributed by atoms with Crippen molar-refractivity contribution >= 4 is 0 Å². The highest BCUT2D eigenvalue weighted by atomic mass is 16.3. The predicted octanol–water partition coefficient (Wildman–Crippen LogP) is 3.51. The van der Waals surface area contributed by atoms with Gasteiger partial charge in [-0.25, -0.2) is 0 Å². The van der Waals surface area contributed by atoms with Gasteiger partial charge in [0.15, 0.2) is 5.60 Å². The molecule has 1 fully saturated rings. The Balaban J connectivity index is 1.99. The molecule has 1 N–H and O–H groups in total. The van der Waals surface area contributed by atoms with E-state index in [9.17, 15) is 5.11 Å². The van der Waals surface area contributed by atoms with Crippen LogP contribution in [0.5, 0.6) is 0 Å². The number of aliphatic hydroxyl groups is 1. The largest absolute Gasteiger partial charge is 0.369 e. The van der Waals surface area contributed by atoms with Crippen molar-refractivity contribution in [1.29, 1.82) is 0 Å². The molecule has 124 valence electrons. The van der Waals surface area contributed by atoms with Gasteiger partial charge in [-0.3, -0.25) is 0 Å². The van der Waals surface area contributed by atoms with E-state index in [1.54, 1.807) is 0 Å². The molecule has 0 amide bonds. The van der Waals surface area contributed by atoms with Gasteiger partial charge in [-0.05, 0) is 25.9 Å². The zero-order valence-electron chi connectivity index (χ0n) is 14.4. The van der Waals surface area contributed by atoms with Crippen LogP contribution in [-0.4, -0.2) is 30.1 Å². The summed E-state index contributed by atoms with van der Waals surface area (Å²) >= 11 is 0. The van der Waals surface area contributed by atoms with Crippen LogP contribution < -0.4 is 0 Å². The summed E-state index contributed by atoms with van der Waals surface area (Å²) in [5.74, 6) is 7.48. The minimum atomic E-state index is -1.27. The van der Waals surface area contributed by atoms with Gasteiger partial charge in [-0.2, -0.15) is 0 Å². The van der Waals surface area contributed by atoms with E-state index in [1.165, 1.54) is 0 Å². The summed E-state index contributed by atoms with van der Waals surface area (Å²) in [7, 11) is 2.14. The van der Waals surface area contributed by atoms with Crippen LogP contribution >= 0.6 is 0 Å². The van der Waals surface area contributed by atoms with E-state index in [0.29, 0.717) is 11.8 Å². The second kappa shape index (κ2) is 7.21. The van der Waals surface area contributed by atoms with Crippen LogP contribution in [0.25, 0.3) is 0 Å². The third kappa shape index (κ3) is 3.53. The lowest BCUT2D eigenvalue weighted by molar-refractivity contribution is 0.143. The molecule has 0 saturated carbocycles. The number of likely N-dealkylation sites (tertiary alicyclic amines) is 1. The monoisotopic (exact) mass is 319 g/mol. The fourth-order valence-corrected chi connectivity index (χ4v) is 3.29. The van der Waals surface area contributed by atoms with E-state index < -0.39 is 5.60 Å². The van der Waals surface area contributed by atoms with Gasteiger partial charge < -0.3 is 10.0 Å². The molecule has 2 nitrogen and oxygen atoms in total. The third-order valence-corrected chi connectivity index (χ3v) is 4.98. The highest BCUT2D eigenvalue weighted by Gasteiger charge is 2.30. The molecule has 0 spiro atoms. The smallest absolute Gasteiger partial charge is 0.176 e. The highest BCUT2D eigenvalue weighted by molar-refractivity contribution is 5.44. The van der Waals surface area contributed by atoms with Crippen molar-refractivity contribution < 1.29 is 5.11 Å². The Morgan fingerprint density at radius 2 is 1.54 bits per heavy atom. The Kier molecular flexibility index (Phi) is 5.04. The Morgan fingerprint density at radius 1 is 1.00 bits per heavy atom. The van der Waals surface area contributed by atoms with Crippen molar-refractivity contribution in [3.8, 4) is 11.8 Å². The topological polar surface area (TPSA) is 23.5 Å². The third-order valence-electron chi connectivity index (χ3n) is 4.98. The lowest BCUT2D eigenvalue weighted by Gasteiger charge is -2.32. The standard InChI is InChI=1S/C22H25NO/c1-18-14-16-23(2)17-19(18)13-15-22(24,20-9-5-3-6-10-20)21-11-7-4-8-12-21/h3-12,18-19,24H,14,16-17H2,1-2H3/t18-,19+/m0/s1. The van der Waals surface area contributed by atoms with Crippen molar-refractivity contribution in [2.45, 2.75) is 18.9 Å². The van der Waals surface area contributed by atoms with Crippen LogP contribution in [0.3, 0.4) is 0 Å². The molecule has 3 rings (SSSR count). The van der Waals surface area contributed by atoms with E-state index in [2.05, 4.69) is 30.7 Å². The lowest BCUT2D eigenvalue weighted by atomic mass is 9.84. The average molecular weight is 319 g/mol. The maximum absolute atomic E-state index is 11.4. The highest BCUT2D eigenvalue weighted by Crippen LogP contribution is 2.30. The van der Waals surface area contributed by atoms with Gasteiger partial charge in [0, 0.05) is 23.6 Å². The van der Waals surface area contributed by atoms with Crippen molar-refractivity contribution in [2.75, 3.05) is 20.1 Å². The zero-order valence-corrected chi connectivity index (χ0v) is 14.4. The number of nitrogens with zero attached hydrogens (tertiary/aromatic N) is 1. The summed E-state index contributed by atoms with van der Waals surface area (Å²) in [5.41, 5.74) is 0.374. The van der Waals surface area contributed by atoms with Gasteiger partial charge in [0.05, 0.1) is 0 Å². The van der Waals surface area contributed by atoms with Crippen molar-refractivity contribution in [1.82, 2.24) is 4.90 Å². The Bertz CT molecular complexity index is 674. The Morgan fingerprint density at radius 3 is 2.08 bits per heavy atom. The summed E-state index contributed by atoms with van der Waals surface area (Å²) in [6.07, 6.45) is 1.16. The molecule has 1 aliphatic rings. The second-order valence-corrected chi connectivity index (χ2v) is 6.85. The number of hydrogen-bond acceptors (Lipinski definition) is 2. The van der Waals surface area contributed by atoms with E-state index in [1.807, 2.05) is 60.7 Å². The van der Waals surface area contributed by atoms with Gasteiger partial charge in [0.1, 0.15) is 0 Å². The second-order valence-electron chi connectivity index (χ2n) is 6.85.